The highest BCUT2D eigenvalue weighted by atomic mass is 14.9. The summed E-state index contributed by atoms with van der Waals surface area (Å²) in [5.74, 6) is 1.03. The Labute approximate surface area is 129 Å². The van der Waals surface area contributed by atoms with Crippen molar-refractivity contribution in [3.05, 3.63) is 77.1 Å². The normalized spacial score (nSPS) is 11.4. The van der Waals surface area contributed by atoms with Crippen molar-refractivity contribution in [1.29, 1.82) is 0 Å². The number of fused-ring (bicyclic) bond motifs is 2. The summed E-state index contributed by atoms with van der Waals surface area (Å²) in [5.41, 5.74) is 6.08. The van der Waals surface area contributed by atoms with E-state index in [4.69, 9.17) is 4.98 Å². The van der Waals surface area contributed by atoms with Crippen LogP contribution < -0.4 is 0 Å². The summed E-state index contributed by atoms with van der Waals surface area (Å²) in [7, 11) is 0. The third kappa shape index (κ3) is 2.08. The minimum Gasteiger partial charge on any atom is -0.342 e. The maximum Gasteiger partial charge on any atom is 0.111 e. The zero-order valence-corrected chi connectivity index (χ0v) is 12.9. The Morgan fingerprint density at radius 1 is 0.909 bits per heavy atom. The van der Waals surface area contributed by atoms with E-state index in [2.05, 4.69) is 73.4 Å². The molecule has 0 bridgehead atoms. The number of hydrogen-bond donors (Lipinski definition) is 1. The van der Waals surface area contributed by atoms with Crippen molar-refractivity contribution >= 4 is 21.8 Å². The van der Waals surface area contributed by atoms with Gasteiger partial charge in [0.2, 0.25) is 0 Å². The van der Waals surface area contributed by atoms with Crippen molar-refractivity contribution in [2.75, 3.05) is 0 Å². The maximum absolute atomic E-state index is 4.82. The standard InChI is InChI=1S/C20H18N2/c1-13-10-11-18-20(14(13)2)22-19(21-18)12-16-8-5-7-15-6-3-4-9-17(15)16/h3-11H,12H2,1-2H3,(H,21,22). The molecule has 0 radical (unpaired) electrons. The van der Waals surface area contributed by atoms with Crippen LogP contribution in [-0.4, -0.2) is 9.97 Å². The second-order valence-corrected chi connectivity index (χ2v) is 5.90. The van der Waals surface area contributed by atoms with Crippen molar-refractivity contribution in [3.8, 4) is 0 Å². The number of H-pyrrole nitrogens is 1. The van der Waals surface area contributed by atoms with Crippen LogP contribution >= 0.6 is 0 Å². The van der Waals surface area contributed by atoms with Gasteiger partial charge in [-0.25, -0.2) is 4.98 Å². The summed E-state index contributed by atoms with van der Waals surface area (Å²) in [6.45, 7) is 4.27. The Bertz CT molecular complexity index is 974. The van der Waals surface area contributed by atoms with Crippen molar-refractivity contribution < 1.29 is 0 Å². The fourth-order valence-electron chi connectivity index (χ4n) is 3.08. The van der Waals surface area contributed by atoms with Gasteiger partial charge < -0.3 is 4.98 Å². The highest BCUT2D eigenvalue weighted by molar-refractivity contribution is 5.86. The van der Waals surface area contributed by atoms with Crippen molar-refractivity contribution in [2.45, 2.75) is 20.3 Å². The van der Waals surface area contributed by atoms with E-state index in [1.54, 1.807) is 0 Å². The molecule has 4 rings (SSSR count). The fourth-order valence-corrected chi connectivity index (χ4v) is 3.08. The first-order valence-electron chi connectivity index (χ1n) is 7.64. The van der Waals surface area contributed by atoms with Gasteiger partial charge >= 0.3 is 0 Å². The Balaban J connectivity index is 1.81. The molecule has 108 valence electrons. The number of aryl methyl sites for hydroxylation is 2. The number of benzene rings is 3. The van der Waals surface area contributed by atoms with E-state index in [0.29, 0.717) is 0 Å². The molecule has 0 aliphatic carbocycles. The molecule has 3 aromatic carbocycles. The largest absolute Gasteiger partial charge is 0.342 e. The summed E-state index contributed by atoms with van der Waals surface area (Å²) in [6.07, 6.45) is 0.828. The van der Waals surface area contributed by atoms with Crippen molar-refractivity contribution in [2.24, 2.45) is 0 Å². The minimum atomic E-state index is 0.828. The molecule has 0 fully saturated rings. The lowest BCUT2D eigenvalue weighted by Crippen LogP contribution is -1.92. The van der Waals surface area contributed by atoms with Gasteiger partial charge in [0.05, 0.1) is 11.0 Å². The lowest BCUT2D eigenvalue weighted by Gasteiger charge is -2.04. The van der Waals surface area contributed by atoms with Crippen LogP contribution in [0.5, 0.6) is 0 Å². The molecular weight excluding hydrogens is 268 g/mol. The molecule has 0 amide bonds. The summed E-state index contributed by atoms with van der Waals surface area (Å²) < 4.78 is 0. The van der Waals surface area contributed by atoms with Gasteiger partial charge in [-0.05, 0) is 47.4 Å². The molecule has 1 N–H and O–H groups in total. The molecule has 0 aliphatic heterocycles. The maximum atomic E-state index is 4.82. The van der Waals surface area contributed by atoms with E-state index in [0.717, 1.165) is 23.3 Å². The van der Waals surface area contributed by atoms with E-state index in [1.165, 1.54) is 27.5 Å². The second-order valence-electron chi connectivity index (χ2n) is 5.90. The lowest BCUT2D eigenvalue weighted by atomic mass is 10.0. The third-order valence-electron chi connectivity index (χ3n) is 4.47. The van der Waals surface area contributed by atoms with Crippen molar-refractivity contribution in [1.82, 2.24) is 9.97 Å². The van der Waals surface area contributed by atoms with Crippen LogP contribution in [0.4, 0.5) is 0 Å². The number of hydrogen-bond acceptors (Lipinski definition) is 1. The van der Waals surface area contributed by atoms with Crippen LogP contribution in [0.1, 0.15) is 22.5 Å². The minimum absolute atomic E-state index is 0.828. The molecule has 0 spiro atoms. The fraction of sp³-hybridized carbons (Fsp3) is 0.150. The molecule has 1 aromatic heterocycles. The third-order valence-corrected chi connectivity index (χ3v) is 4.47. The topological polar surface area (TPSA) is 28.7 Å². The van der Waals surface area contributed by atoms with Crippen LogP contribution in [0.3, 0.4) is 0 Å². The van der Waals surface area contributed by atoms with Crippen LogP contribution in [0.2, 0.25) is 0 Å². The second kappa shape index (κ2) is 4.99. The van der Waals surface area contributed by atoms with Gasteiger partial charge in [-0.3, -0.25) is 0 Å². The molecule has 0 unspecified atom stereocenters. The van der Waals surface area contributed by atoms with Gasteiger partial charge in [-0.15, -0.1) is 0 Å². The summed E-state index contributed by atoms with van der Waals surface area (Å²) in [5, 5.41) is 2.58. The number of imidazole rings is 1. The zero-order chi connectivity index (χ0) is 15.1. The number of aromatic amines is 1. The molecule has 22 heavy (non-hydrogen) atoms. The smallest absolute Gasteiger partial charge is 0.111 e. The van der Waals surface area contributed by atoms with E-state index in [-0.39, 0.29) is 0 Å². The van der Waals surface area contributed by atoms with Gasteiger partial charge in [0.15, 0.2) is 0 Å². The summed E-state index contributed by atoms with van der Waals surface area (Å²) in [4.78, 5) is 8.29. The monoisotopic (exact) mass is 286 g/mol. The first-order chi connectivity index (χ1) is 10.7. The van der Waals surface area contributed by atoms with E-state index in [1.807, 2.05) is 0 Å². The number of nitrogens with one attached hydrogen (secondary N) is 1. The Hall–Kier alpha value is -2.61. The molecule has 2 nitrogen and oxygen atoms in total. The zero-order valence-electron chi connectivity index (χ0n) is 12.9. The van der Waals surface area contributed by atoms with E-state index < -0.39 is 0 Å². The van der Waals surface area contributed by atoms with Gasteiger partial charge in [0.25, 0.3) is 0 Å². The van der Waals surface area contributed by atoms with Crippen LogP contribution in [0.25, 0.3) is 21.8 Å². The molecule has 0 atom stereocenters. The first-order valence-corrected chi connectivity index (χ1v) is 7.64. The Morgan fingerprint density at radius 2 is 1.73 bits per heavy atom. The van der Waals surface area contributed by atoms with Gasteiger partial charge in [0, 0.05) is 6.42 Å². The quantitative estimate of drug-likeness (QED) is 0.556. The van der Waals surface area contributed by atoms with E-state index in [9.17, 15) is 0 Å². The molecule has 0 aliphatic rings. The van der Waals surface area contributed by atoms with Crippen LogP contribution in [0, 0.1) is 13.8 Å². The predicted molar refractivity (Wildman–Crippen MR) is 92.3 cm³/mol. The van der Waals surface area contributed by atoms with Gasteiger partial charge in [0.1, 0.15) is 5.82 Å². The van der Waals surface area contributed by atoms with Gasteiger partial charge in [-0.1, -0.05) is 48.5 Å². The Kier molecular flexibility index (Phi) is 2.97. The molecule has 2 heteroatoms. The first kappa shape index (κ1) is 13.1. The lowest BCUT2D eigenvalue weighted by molar-refractivity contribution is 1.05. The average Bonchev–Trinajstić information content (AvgIpc) is 2.95. The molecule has 0 saturated heterocycles. The summed E-state index contributed by atoms with van der Waals surface area (Å²) >= 11 is 0. The van der Waals surface area contributed by atoms with Crippen LogP contribution in [-0.2, 0) is 6.42 Å². The SMILES string of the molecule is Cc1ccc2[nH]c(Cc3cccc4ccccc34)nc2c1C. The molecule has 4 aromatic rings. The van der Waals surface area contributed by atoms with Crippen LogP contribution in [0.15, 0.2) is 54.6 Å². The highest BCUT2D eigenvalue weighted by Gasteiger charge is 2.09. The number of aromatic nitrogens is 2. The molecule has 0 saturated carbocycles. The van der Waals surface area contributed by atoms with Gasteiger partial charge in [-0.2, -0.15) is 0 Å². The number of rotatable bonds is 2. The predicted octanol–water partition coefficient (Wildman–Crippen LogP) is 4.92. The van der Waals surface area contributed by atoms with Crippen molar-refractivity contribution in [3.63, 3.8) is 0 Å². The number of nitrogens with zero attached hydrogens (tertiary/aromatic N) is 1. The Morgan fingerprint density at radius 3 is 2.64 bits per heavy atom. The molecular formula is C20H18N2. The average molecular weight is 286 g/mol. The summed E-state index contributed by atoms with van der Waals surface area (Å²) in [6, 6.07) is 19.3. The van der Waals surface area contributed by atoms with E-state index >= 15 is 0 Å². The molecule has 1 heterocycles. The highest BCUT2D eigenvalue weighted by Crippen LogP contribution is 2.23.